The van der Waals surface area contributed by atoms with Crippen LogP contribution in [0.15, 0.2) is 54.6 Å². The summed E-state index contributed by atoms with van der Waals surface area (Å²) >= 11 is 0. The van der Waals surface area contributed by atoms with Crippen molar-refractivity contribution in [2.24, 2.45) is 0 Å². The van der Waals surface area contributed by atoms with Crippen molar-refractivity contribution in [1.82, 2.24) is 0 Å². The third-order valence-electron chi connectivity index (χ3n) is 4.17. The highest BCUT2D eigenvalue weighted by molar-refractivity contribution is 6.40. The summed E-state index contributed by atoms with van der Waals surface area (Å²) in [7, 11) is 0. The van der Waals surface area contributed by atoms with Crippen LogP contribution in [0, 0.1) is 0 Å². The lowest BCUT2D eigenvalue weighted by molar-refractivity contribution is -0.139. The first-order valence-corrected chi connectivity index (χ1v) is 10.7. The first-order chi connectivity index (χ1) is 16.2. The SMILES string of the molecule is Nc1ccc(OCCOCCOCCOCCOCCOC(=O)C(=O)c2ccccc2)cc1. The number of ether oxygens (including phenoxy) is 6. The van der Waals surface area contributed by atoms with Crippen molar-refractivity contribution in [2.45, 2.75) is 0 Å². The summed E-state index contributed by atoms with van der Waals surface area (Å²) < 4.78 is 31.9. The number of esters is 1. The van der Waals surface area contributed by atoms with Gasteiger partial charge in [-0.15, -0.1) is 0 Å². The Bertz CT molecular complexity index is 798. The minimum Gasteiger partial charge on any atom is -0.491 e. The predicted octanol–water partition coefficient (Wildman–Crippen LogP) is 2.14. The molecule has 0 unspecified atom stereocenters. The zero-order valence-electron chi connectivity index (χ0n) is 18.6. The highest BCUT2D eigenvalue weighted by Gasteiger charge is 2.16. The van der Waals surface area contributed by atoms with Gasteiger partial charge in [0, 0.05) is 11.3 Å². The number of rotatable bonds is 18. The van der Waals surface area contributed by atoms with Crippen molar-refractivity contribution in [1.29, 1.82) is 0 Å². The maximum atomic E-state index is 11.8. The second kappa shape index (κ2) is 16.6. The summed E-state index contributed by atoms with van der Waals surface area (Å²) in [6.07, 6.45) is 0. The molecule has 0 radical (unpaired) electrons. The molecular formula is C24H31NO8. The average molecular weight is 462 g/mol. The molecule has 0 aromatic heterocycles. The van der Waals surface area contributed by atoms with Gasteiger partial charge < -0.3 is 34.2 Å². The van der Waals surface area contributed by atoms with Crippen molar-refractivity contribution in [2.75, 3.05) is 71.8 Å². The molecule has 0 fully saturated rings. The van der Waals surface area contributed by atoms with Crippen LogP contribution in [-0.4, -0.2) is 77.8 Å². The molecule has 0 saturated carbocycles. The Labute approximate surface area is 193 Å². The quantitative estimate of drug-likeness (QED) is 0.117. The van der Waals surface area contributed by atoms with Gasteiger partial charge in [-0.1, -0.05) is 30.3 Å². The summed E-state index contributed by atoms with van der Waals surface area (Å²) in [6, 6.07) is 15.5. The number of nitrogens with two attached hydrogens (primary N) is 1. The van der Waals surface area contributed by atoms with E-state index >= 15 is 0 Å². The summed E-state index contributed by atoms with van der Waals surface area (Å²) in [5.41, 5.74) is 6.61. The standard InChI is InChI=1S/C24H31NO8/c25-21-6-8-22(9-7-21)32-18-16-30-14-12-28-10-11-29-13-15-31-17-19-33-24(27)23(26)20-4-2-1-3-5-20/h1-9H,10-19,25H2. The fraction of sp³-hybridized carbons (Fsp3) is 0.417. The smallest absolute Gasteiger partial charge is 0.379 e. The number of hydrogen-bond donors (Lipinski definition) is 1. The zero-order chi connectivity index (χ0) is 23.6. The average Bonchev–Trinajstić information content (AvgIpc) is 2.84. The highest BCUT2D eigenvalue weighted by atomic mass is 16.6. The van der Waals surface area contributed by atoms with Crippen LogP contribution in [-0.2, 0) is 28.5 Å². The second-order valence-corrected chi connectivity index (χ2v) is 6.70. The molecule has 33 heavy (non-hydrogen) atoms. The van der Waals surface area contributed by atoms with Crippen LogP contribution in [0.5, 0.6) is 5.75 Å². The lowest BCUT2D eigenvalue weighted by Crippen LogP contribution is -2.20. The number of nitrogen functional groups attached to an aromatic ring is 1. The fourth-order valence-corrected chi connectivity index (χ4v) is 2.51. The fourth-order valence-electron chi connectivity index (χ4n) is 2.51. The highest BCUT2D eigenvalue weighted by Crippen LogP contribution is 2.12. The number of anilines is 1. The molecule has 2 rings (SSSR count). The molecule has 0 spiro atoms. The Morgan fingerprint density at radius 2 is 1.09 bits per heavy atom. The lowest BCUT2D eigenvalue weighted by Gasteiger charge is -2.09. The molecule has 0 bridgehead atoms. The van der Waals surface area contributed by atoms with E-state index in [9.17, 15) is 9.59 Å². The lowest BCUT2D eigenvalue weighted by atomic mass is 10.1. The molecule has 0 aliphatic carbocycles. The van der Waals surface area contributed by atoms with E-state index in [1.807, 2.05) is 12.1 Å². The Balaban J connectivity index is 1.30. The summed E-state index contributed by atoms with van der Waals surface area (Å²) in [4.78, 5) is 23.5. The van der Waals surface area contributed by atoms with Crippen molar-refractivity contribution >= 4 is 17.4 Å². The predicted molar refractivity (Wildman–Crippen MR) is 121 cm³/mol. The van der Waals surface area contributed by atoms with Crippen molar-refractivity contribution < 1.29 is 38.0 Å². The molecule has 0 aliphatic heterocycles. The van der Waals surface area contributed by atoms with Crippen LogP contribution in [0.25, 0.3) is 0 Å². The van der Waals surface area contributed by atoms with Gasteiger partial charge in [0.2, 0.25) is 0 Å². The first-order valence-electron chi connectivity index (χ1n) is 10.7. The van der Waals surface area contributed by atoms with Gasteiger partial charge >= 0.3 is 5.97 Å². The van der Waals surface area contributed by atoms with Gasteiger partial charge in [0.1, 0.15) is 19.0 Å². The molecule has 0 atom stereocenters. The minimum absolute atomic E-state index is 0.00549. The Morgan fingerprint density at radius 1 is 0.606 bits per heavy atom. The van der Waals surface area contributed by atoms with Gasteiger partial charge in [0.05, 0.1) is 52.9 Å². The van der Waals surface area contributed by atoms with Crippen LogP contribution < -0.4 is 10.5 Å². The van der Waals surface area contributed by atoms with Crippen molar-refractivity contribution in [3.05, 3.63) is 60.2 Å². The molecular weight excluding hydrogens is 430 g/mol. The number of carbonyl (C=O) groups is 2. The molecule has 0 heterocycles. The van der Waals surface area contributed by atoms with Crippen molar-refractivity contribution in [3.8, 4) is 5.75 Å². The molecule has 2 aromatic rings. The van der Waals surface area contributed by atoms with E-state index in [1.165, 1.54) is 0 Å². The summed E-state index contributed by atoms with van der Waals surface area (Å²) in [5, 5.41) is 0. The molecule has 180 valence electrons. The molecule has 0 saturated heterocycles. The molecule has 2 N–H and O–H groups in total. The maximum Gasteiger partial charge on any atom is 0.379 e. The van der Waals surface area contributed by atoms with Gasteiger partial charge in [-0.2, -0.15) is 0 Å². The summed E-state index contributed by atoms with van der Waals surface area (Å²) in [5.74, 6) is -0.809. The number of carbonyl (C=O) groups excluding carboxylic acids is 2. The van der Waals surface area contributed by atoms with E-state index in [1.54, 1.807) is 42.5 Å². The number of Topliss-reactive ketones (excluding diaryl/α,β-unsaturated/α-hetero) is 1. The van der Waals surface area contributed by atoms with E-state index in [0.29, 0.717) is 64.1 Å². The second-order valence-electron chi connectivity index (χ2n) is 6.70. The Morgan fingerprint density at radius 3 is 1.64 bits per heavy atom. The normalized spacial score (nSPS) is 10.7. The summed E-state index contributed by atoms with van der Waals surface area (Å²) in [6.45, 7) is 3.68. The Kier molecular flexibility index (Phi) is 13.2. The first kappa shape index (κ1) is 26.3. The number of ketones is 1. The monoisotopic (exact) mass is 461 g/mol. The van der Waals surface area contributed by atoms with Crippen LogP contribution in [0.2, 0.25) is 0 Å². The number of benzene rings is 2. The number of hydrogen-bond acceptors (Lipinski definition) is 9. The maximum absolute atomic E-state index is 11.8. The van der Waals surface area contributed by atoms with E-state index in [0.717, 1.165) is 5.75 Å². The van der Waals surface area contributed by atoms with Gasteiger partial charge in [0.15, 0.2) is 0 Å². The van der Waals surface area contributed by atoms with Crippen LogP contribution in [0.3, 0.4) is 0 Å². The van der Waals surface area contributed by atoms with E-state index in [2.05, 4.69) is 0 Å². The van der Waals surface area contributed by atoms with E-state index < -0.39 is 11.8 Å². The molecule has 0 aliphatic rings. The van der Waals surface area contributed by atoms with Crippen molar-refractivity contribution in [3.63, 3.8) is 0 Å². The van der Waals surface area contributed by atoms with Crippen LogP contribution in [0.1, 0.15) is 10.4 Å². The van der Waals surface area contributed by atoms with Gasteiger partial charge in [-0.3, -0.25) is 4.79 Å². The van der Waals surface area contributed by atoms with Gasteiger partial charge in [-0.05, 0) is 24.3 Å². The zero-order valence-corrected chi connectivity index (χ0v) is 18.6. The third-order valence-corrected chi connectivity index (χ3v) is 4.17. The largest absolute Gasteiger partial charge is 0.491 e. The van der Waals surface area contributed by atoms with E-state index in [4.69, 9.17) is 34.2 Å². The van der Waals surface area contributed by atoms with E-state index in [-0.39, 0.29) is 13.2 Å². The molecule has 9 nitrogen and oxygen atoms in total. The third kappa shape index (κ3) is 12.0. The Hall–Kier alpha value is -2.98. The molecule has 0 amide bonds. The van der Waals surface area contributed by atoms with Crippen LogP contribution >= 0.6 is 0 Å². The van der Waals surface area contributed by atoms with Crippen LogP contribution in [0.4, 0.5) is 5.69 Å². The van der Waals surface area contributed by atoms with Gasteiger partial charge in [-0.25, -0.2) is 4.79 Å². The molecule has 2 aromatic carbocycles. The minimum atomic E-state index is -0.892. The topological polar surface area (TPSA) is 116 Å². The van der Waals surface area contributed by atoms with Gasteiger partial charge in [0.25, 0.3) is 5.78 Å². The molecule has 9 heteroatoms.